The number of non-ortho nitro benzene ring substituents is 1. The average Bonchev–Trinajstić information content (AvgIpc) is 2.62. The van der Waals surface area contributed by atoms with Gasteiger partial charge in [0, 0.05) is 51.1 Å². The van der Waals surface area contributed by atoms with Crippen molar-refractivity contribution in [1.29, 1.82) is 0 Å². The quantitative estimate of drug-likeness (QED) is 0.608. The molecule has 1 aliphatic heterocycles. The average molecular weight is 377 g/mol. The van der Waals surface area contributed by atoms with Gasteiger partial charge < -0.3 is 4.90 Å². The van der Waals surface area contributed by atoms with Gasteiger partial charge in [0.05, 0.1) is 16.3 Å². The van der Waals surface area contributed by atoms with Crippen LogP contribution in [0.1, 0.15) is 5.69 Å². The molecule has 1 aromatic carbocycles. The van der Waals surface area contributed by atoms with Crippen LogP contribution < -0.4 is 10.0 Å². The lowest BCUT2D eigenvalue weighted by Crippen LogP contribution is -2.46. The van der Waals surface area contributed by atoms with E-state index in [1.165, 1.54) is 12.1 Å². The van der Waals surface area contributed by atoms with Crippen LogP contribution in [-0.2, 0) is 16.6 Å². The molecule has 0 atom stereocenters. The number of nitrogens with two attached hydrogens (primary N) is 1. The second-order valence-electron chi connectivity index (χ2n) is 6.04. The molecule has 26 heavy (non-hydrogen) atoms. The first-order valence-corrected chi connectivity index (χ1v) is 9.58. The van der Waals surface area contributed by atoms with Crippen LogP contribution >= 0.6 is 0 Å². The number of hydrogen-bond acceptors (Lipinski definition) is 7. The highest BCUT2D eigenvalue weighted by atomic mass is 32.2. The molecular formula is C16H19N5O4S. The number of nitro groups is 1. The lowest BCUT2D eigenvalue weighted by atomic mass is 10.2. The van der Waals surface area contributed by atoms with E-state index in [1.807, 2.05) is 23.1 Å². The third-order valence-corrected chi connectivity index (χ3v) is 5.23. The van der Waals surface area contributed by atoms with Crippen molar-refractivity contribution < 1.29 is 13.3 Å². The maximum absolute atomic E-state index is 11.9. The summed E-state index contributed by atoms with van der Waals surface area (Å²) in [7, 11) is -4.07. The molecule has 3 rings (SSSR count). The predicted molar refractivity (Wildman–Crippen MR) is 96.2 cm³/mol. The predicted octanol–water partition coefficient (Wildman–Crippen LogP) is 0.959. The summed E-state index contributed by atoms with van der Waals surface area (Å²) in [4.78, 5) is 18.5. The molecule has 0 unspecified atom stereocenters. The molecule has 0 saturated carbocycles. The number of nitrogens with zero attached hydrogens (tertiary/aromatic N) is 4. The molecule has 0 radical (unpaired) electrons. The highest BCUT2D eigenvalue weighted by Crippen LogP contribution is 2.29. The van der Waals surface area contributed by atoms with E-state index in [-0.39, 0.29) is 10.6 Å². The van der Waals surface area contributed by atoms with Crippen LogP contribution in [0.4, 0.5) is 11.4 Å². The van der Waals surface area contributed by atoms with Gasteiger partial charge >= 0.3 is 0 Å². The molecule has 10 heteroatoms. The zero-order chi connectivity index (χ0) is 18.7. The molecule has 138 valence electrons. The van der Waals surface area contributed by atoms with Crippen molar-refractivity contribution in [2.24, 2.45) is 5.14 Å². The maximum atomic E-state index is 11.9. The van der Waals surface area contributed by atoms with E-state index in [9.17, 15) is 18.5 Å². The number of rotatable bonds is 5. The first-order chi connectivity index (χ1) is 12.3. The fourth-order valence-electron chi connectivity index (χ4n) is 2.97. The number of primary sulfonamides is 1. The highest BCUT2D eigenvalue weighted by Gasteiger charge is 2.25. The van der Waals surface area contributed by atoms with E-state index in [0.29, 0.717) is 18.8 Å². The van der Waals surface area contributed by atoms with E-state index in [4.69, 9.17) is 5.14 Å². The van der Waals surface area contributed by atoms with Gasteiger partial charge in [-0.2, -0.15) is 0 Å². The van der Waals surface area contributed by atoms with E-state index in [1.54, 1.807) is 6.20 Å². The fraction of sp³-hybridized carbons (Fsp3) is 0.312. The summed E-state index contributed by atoms with van der Waals surface area (Å²) in [5, 5.41) is 16.2. The normalized spacial score (nSPS) is 15.8. The number of anilines is 1. The molecule has 1 saturated heterocycles. The summed E-state index contributed by atoms with van der Waals surface area (Å²) in [6.07, 6.45) is 1.75. The minimum absolute atomic E-state index is 0.218. The molecule has 9 nitrogen and oxygen atoms in total. The Hall–Kier alpha value is -2.56. The smallest absolute Gasteiger partial charge is 0.270 e. The van der Waals surface area contributed by atoms with E-state index in [2.05, 4.69) is 9.88 Å². The van der Waals surface area contributed by atoms with Gasteiger partial charge in [-0.3, -0.25) is 20.0 Å². The fourth-order valence-corrected chi connectivity index (χ4v) is 3.75. The van der Waals surface area contributed by atoms with Crippen LogP contribution in [0.25, 0.3) is 0 Å². The summed E-state index contributed by atoms with van der Waals surface area (Å²) >= 11 is 0. The zero-order valence-electron chi connectivity index (χ0n) is 14.0. The Morgan fingerprint density at radius 3 is 2.46 bits per heavy atom. The van der Waals surface area contributed by atoms with E-state index >= 15 is 0 Å². The molecule has 1 fully saturated rings. The summed E-state index contributed by atoms with van der Waals surface area (Å²) in [5.74, 6) is 0. The van der Waals surface area contributed by atoms with Crippen molar-refractivity contribution in [2.45, 2.75) is 11.4 Å². The van der Waals surface area contributed by atoms with Gasteiger partial charge in [-0.15, -0.1) is 0 Å². The lowest BCUT2D eigenvalue weighted by Gasteiger charge is -2.36. The minimum atomic E-state index is -4.07. The number of nitro benzene ring substituents is 1. The van der Waals surface area contributed by atoms with Gasteiger partial charge in [0.2, 0.25) is 10.0 Å². The van der Waals surface area contributed by atoms with Gasteiger partial charge in [-0.1, -0.05) is 6.07 Å². The SMILES string of the molecule is NS(=O)(=O)c1cc([N+](=O)[O-])ccc1N1CCN(Cc2ccccn2)CC1. The monoisotopic (exact) mass is 377 g/mol. The standard InChI is InChI=1S/C16H19N5O4S/c17-26(24,25)16-11-14(21(22)23)4-5-15(16)20-9-7-19(8-10-20)12-13-3-1-2-6-18-13/h1-6,11H,7-10,12H2,(H2,17,24,25). The van der Waals surface area contributed by atoms with Crippen LogP contribution in [0.2, 0.25) is 0 Å². The number of hydrogen-bond donors (Lipinski definition) is 1. The van der Waals surface area contributed by atoms with Crippen LogP contribution in [0.3, 0.4) is 0 Å². The molecule has 1 aliphatic rings. The number of benzene rings is 1. The topological polar surface area (TPSA) is 123 Å². The first-order valence-electron chi connectivity index (χ1n) is 8.03. The number of piperazine rings is 1. The first kappa shape index (κ1) is 18.2. The Bertz CT molecular complexity index is 896. The maximum Gasteiger partial charge on any atom is 0.270 e. The number of aromatic nitrogens is 1. The summed E-state index contributed by atoms with van der Waals surface area (Å²) in [6, 6.07) is 9.53. The molecule has 2 aromatic rings. The Kier molecular flexibility index (Phi) is 5.16. The Labute approximate surface area is 151 Å². The second-order valence-corrected chi connectivity index (χ2v) is 7.57. The molecular weight excluding hydrogens is 358 g/mol. The van der Waals surface area contributed by atoms with Gasteiger partial charge in [0.1, 0.15) is 4.90 Å². The van der Waals surface area contributed by atoms with Crippen LogP contribution in [-0.4, -0.2) is 49.4 Å². The van der Waals surface area contributed by atoms with Crippen molar-refractivity contribution in [2.75, 3.05) is 31.1 Å². The third kappa shape index (κ3) is 4.15. The Morgan fingerprint density at radius 2 is 1.88 bits per heavy atom. The Balaban J connectivity index is 1.76. The van der Waals surface area contributed by atoms with Gasteiger partial charge in [-0.05, 0) is 18.2 Å². The molecule has 0 spiro atoms. The van der Waals surface area contributed by atoms with Crippen LogP contribution in [0.5, 0.6) is 0 Å². The molecule has 0 aliphatic carbocycles. The third-order valence-electron chi connectivity index (χ3n) is 4.29. The van der Waals surface area contributed by atoms with Crippen LogP contribution in [0, 0.1) is 10.1 Å². The van der Waals surface area contributed by atoms with Gasteiger partial charge in [0.15, 0.2) is 0 Å². The lowest BCUT2D eigenvalue weighted by molar-refractivity contribution is -0.385. The van der Waals surface area contributed by atoms with Crippen LogP contribution in [0.15, 0.2) is 47.5 Å². The van der Waals surface area contributed by atoms with Crippen molar-refractivity contribution in [3.8, 4) is 0 Å². The molecule has 2 N–H and O–H groups in total. The number of sulfonamides is 1. The van der Waals surface area contributed by atoms with Crippen molar-refractivity contribution in [3.63, 3.8) is 0 Å². The summed E-state index contributed by atoms with van der Waals surface area (Å²) in [5.41, 5.74) is 1.07. The highest BCUT2D eigenvalue weighted by molar-refractivity contribution is 7.89. The van der Waals surface area contributed by atoms with Gasteiger partial charge in [-0.25, -0.2) is 13.6 Å². The minimum Gasteiger partial charge on any atom is -0.368 e. The summed E-state index contributed by atoms with van der Waals surface area (Å²) < 4.78 is 23.8. The molecule has 1 aromatic heterocycles. The van der Waals surface area contributed by atoms with E-state index < -0.39 is 14.9 Å². The van der Waals surface area contributed by atoms with E-state index in [0.717, 1.165) is 31.4 Å². The molecule has 0 bridgehead atoms. The molecule has 0 amide bonds. The summed E-state index contributed by atoms with van der Waals surface area (Å²) in [6.45, 7) is 3.34. The van der Waals surface area contributed by atoms with Crippen molar-refractivity contribution >= 4 is 21.4 Å². The second kappa shape index (κ2) is 7.36. The molecule has 2 heterocycles. The number of pyridine rings is 1. The van der Waals surface area contributed by atoms with Crippen molar-refractivity contribution in [3.05, 3.63) is 58.4 Å². The Morgan fingerprint density at radius 1 is 1.15 bits per heavy atom. The largest absolute Gasteiger partial charge is 0.368 e. The van der Waals surface area contributed by atoms with Gasteiger partial charge in [0.25, 0.3) is 5.69 Å². The zero-order valence-corrected chi connectivity index (χ0v) is 14.8. The van der Waals surface area contributed by atoms with Crippen molar-refractivity contribution in [1.82, 2.24) is 9.88 Å².